The highest BCUT2D eigenvalue weighted by atomic mass is 35.5. The summed E-state index contributed by atoms with van der Waals surface area (Å²) in [5.41, 5.74) is 0. The van der Waals surface area contributed by atoms with Gasteiger partial charge in [-0.05, 0) is 13.8 Å². The summed E-state index contributed by atoms with van der Waals surface area (Å²) in [6.45, 7) is 5.49. The van der Waals surface area contributed by atoms with Crippen LogP contribution in [0.4, 0.5) is 5.95 Å². The van der Waals surface area contributed by atoms with E-state index in [9.17, 15) is 0 Å². The molecule has 0 aromatic carbocycles. The van der Waals surface area contributed by atoms with Crippen LogP contribution in [-0.2, 0) is 4.74 Å². The van der Waals surface area contributed by atoms with Crippen molar-refractivity contribution in [2.75, 3.05) is 25.2 Å². The van der Waals surface area contributed by atoms with Crippen molar-refractivity contribution in [1.82, 2.24) is 9.97 Å². The van der Waals surface area contributed by atoms with E-state index in [1.54, 1.807) is 13.2 Å². The first-order valence-electron chi connectivity index (χ1n) is 5.56. The summed E-state index contributed by atoms with van der Waals surface area (Å²) in [4.78, 5) is 10.7. The molecule has 0 saturated carbocycles. The number of rotatable bonds is 2. The minimum Gasteiger partial charge on any atom is -0.481 e. The zero-order chi connectivity index (χ0) is 12.4. The van der Waals surface area contributed by atoms with E-state index in [2.05, 4.69) is 28.7 Å². The highest BCUT2D eigenvalue weighted by Crippen LogP contribution is 2.24. The number of halogens is 1. The molecule has 2 atom stereocenters. The molecule has 1 aromatic rings. The van der Waals surface area contributed by atoms with Crippen LogP contribution in [0, 0.1) is 0 Å². The first kappa shape index (κ1) is 12.4. The fourth-order valence-corrected chi connectivity index (χ4v) is 2.17. The van der Waals surface area contributed by atoms with Crippen LogP contribution in [0.1, 0.15) is 13.8 Å². The van der Waals surface area contributed by atoms with Gasteiger partial charge in [0.25, 0.3) is 0 Å². The minimum atomic E-state index is 0.224. The number of hydrogen-bond donors (Lipinski definition) is 0. The number of hydrogen-bond acceptors (Lipinski definition) is 5. The highest BCUT2D eigenvalue weighted by Gasteiger charge is 2.28. The van der Waals surface area contributed by atoms with Crippen LogP contribution in [0.3, 0.4) is 0 Å². The normalized spacial score (nSPS) is 24.8. The van der Waals surface area contributed by atoms with Crippen LogP contribution in [0.5, 0.6) is 5.88 Å². The largest absolute Gasteiger partial charge is 0.481 e. The Balaban J connectivity index is 2.34. The molecule has 1 fully saturated rings. The predicted octanol–water partition coefficient (Wildman–Crippen LogP) is 1.75. The van der Waals surface area contributed by atoms with Crippen molar-refractivity contribution in [2.45, 2.75) is 25.9 Å². The second kappa shape index (κ2) is 5.06. The van der Waals surface area contributed by atoms with Crippen LogP contribution in [0.15, 0.2) is 6.07 Å². The van der Waals surface area contributed by atoms with Crippen LogP contribution >= 0.6 is 11.6 Å². The van der Waals surface area contributed by atoms with Gasteiger partial charge in [0.2, 0.25) is 11.8 Å². The number of methoxy groups -OCH3 is 1. The molecule has 0 bridgehead atoms. The van der Waals surface area contributed by atoms with Crippen LogP contribution in [-0.4, -0.2) is 42.4 Å². The Labute approximate surface area is 106 Å². The smallest absolute Gasteiger partial charge is 0.230 e. The third-order valence-electron chi connectivity index (χ3n) is 2.77. The summed E-state index contributed by atoms with van der Waals surface area (Å²) in [5.74, 6) is 1.07. The van der Waals surface area contributed by atoms with Gasteiger partial charge >= 0.3 is 0 Å². The molecule has 6 heteroatoms. The molecule has 0 N–H and O–H groups in total. The average molecular weight is 258 g/mol. The van der Waals surface area contributed by atoms with Crippen molar-refractivity contribution < 1.29 is 9.47 Å². The molecule has 0 unspecified atom stereocenters. The van der Waals surface area contributed by atoms with E-state index < -0.39 is 0 Å². The second-order valence-electron chi connectivity index (χ2n) is 4.18. The van der Waals surface area contributed by atoms with E-state index in [0.717, 1.165) is 0 Å². The van der Waals surface area contributed by atoms with Crippen molar-refractivity contribution in [2.24, 2.45) is 0 Å². The Kier molecular flexibility index (Phi) is 3.69. The first-order valence-corrected chi connectivity index (χ1v) is 5.94. The van der Waals surface area contributed by atoms with E-state index >= 15 is 0 Å². The maximum atomic E-state index is 5.95. The Morgan fingerprint density at radius 3 is 2.59 bits per heavy atom. The third-order valence-corrected chi connectivity index (χ3v) is 2.96. The van der Waals surface area contributed by atoms with Crippen LogP contribution < -0.4 is 9.64 Å². The van der Waals surface area contributed by atoms with E-state index in [4.69, 9.17) is 21.1 Å². The summed E-state index contributed by atoms with van der Waals surface area (Å²) in [7, 11) is 1.56. The van der Waals surface area contributed by atoms with Crippen molar-refractivity contribution in [3.05, 3.63) is 11.2 Å². The Bertz CT molecular complexity index is 392. The van der Waals surface area contributed by atoms with Gasteiger partial charge in [-0.1, -0.05) is 11.6 Å². The molecule has 0 aliphatic carbocycles. The van der Waals surface area contributed by atoms with Gasteiger partial charge in [-0.25, -0.2) is 4.98 Å². The van der Waals surface area contributed by atoms with E-state index in [1.807, 2.05) is 0 Å². The number of nitrogens with zero attached hydrogens (tertiary/aromatic N) is 3. The first-order chi connectivity index (χ1) is 8.11. The molecule has 2 heterocycles. The minimum absolute atomic E-state index is 0.224. The van der Waals surface area contributed by atoms with Gasteiger partial charge < -0.3 is 14.4 Å². The maximum Gasteiger partial charge on any atom is 0.230 e. The molecular formula is C11H16ClN3O2. The standard InChI is InChI=1S/C11H16ClN3O2/c1-7-5-17-6-8(2)15(7)11-13-9(12)4-10(14-11)16-3/h4,7-8H,5-6H2,1-3H3/t7-,8+. The van der Waals surface area contributed by atoms with Gasteiger partial charge in [0.15, 0.2) is 0 Å². The molecule has 1 aliphatic heterocycles. The number of morpholine rings is 1. The molecule has 2 rings (SSSR count). The summed E-state index contributed by atoms with van der Waals surface area (Å²) in [5, 5.41) is 0.387. The average Bonchev–Trinajstić information content (AvgIpc) is 2.28. The molecule has 5 nitrogen and oxygen atoms in total. The lowest BCUT2D eigenvalue weighted by Gasteiger charge is -2.38. The SMILES string of the molecule is COc1cc(Cl)nc(N2[C@H](C)COC[C@@H]2C)n1. The van der Waals surface area contributed by atoms with Crippen LogP contribution in [0.25, 0.3) is 0 Å². The molecule has 0 spiro atoms. The molecule has 1 saturated heterocycles. The Morgan fingerprint density at radius 2 is 2.00 bits per heavy atom. The van der Waals surface area contributed by atoms with Gasteiger partial charge in [-0.15, -0.1) is 0 Å². The van der Waals surface area contributed by atoms with Crippen LogP contribution in [0.2, 0.25) is 5.15 Å². The lowest BCUT2D eigenvalue weighted by molar-refractivity contribution is 0.0746. The molecule has 0 amide bonds. The Hall–Kier alpha value is -1.07. The van der Waals surface area contributed by atoms with E-state index in [-0.39, 0.29) is 12.1 Å². The zero-order valence-corrected chi connectivity index (χ0v) is 10.9. The second-order valence-corrected chi connectivity index (χ2v) is 4.56. The van der Waals surface area contributed by atoms with Crippen molar-refractivity contribution in [3.63, 3.8) is 0 Å². The fraction of sp³-hybridized carbons (Fsp3) is 0.636. The summed E-state index contributed by atoms with van der Waals surface area (Å²) >= 11 is 5.95. The summed E-state index contributed by atoms with van der Waals surface area (Å²) in [6.07, 6.45) is 0. The van der Waals surface area contributed by atoms with Gasteiger partial charge in [0.1, 0.15) is 5.15 Å². The maximum absolute atomic E-state index is 5.95. The topological polar surface area (TPSA) is 47.5 Å². The molecule has 1 aromatic heterocycles. The number of aromatic nitrogens is 2. The fourth-order valence-electron chi connectivity index (χ4n) is 2.00. The van der Waals surface area contributed by atoms with Crippen molar-refractivity contribution in [1.29, 1.82) is 0 Å². The molecule has 1 aliphatic rings. The molecule has 94 valence electrons. The number of anilines is 1. The predicted molar refractivity (Wildman–Crippen MR) is 65.8 cm³/mol. The molecular weight excluding hydrogens is 242 g/mol. The highest BCUT2D eigenvalue weighted by molar-refractivity contribution is 6.29. The monoisotopic (exact) mass is 257 g/mol. The van der Waals surface area contributed by atoms with E-state index in [0.29, 0.717) is 30.2 Å². The zero-order valence-electron chi connectivity index (χ0n) is 10.2. The Morgan fingerprint density at radius 1 is 1.35 bits per heavy atom. The quantitative estimate of drug-likeness (QED) is 0.756. The third kappa shape index (κ3) is 2.61. The molecule has 0 radical (unpaired) electrons. The van der Waals surface area contributed by atoms with E-state index in [1.165, 1.54) is 0 Å². The molecule has 17 heavy (non-hydrogen) atoms. The summed E-state index contributed by atoms with van der Waals surface area (Å²) < 4.78 is 10.6. The van der Waals surface area contributed by atoms with Crippen molar-refractivity contribution in [3.8, 4) is 5.88 Å². The summed E-state index contributed by atoms with van der Waals surface area (Å²) in [6, 6.07) is 2.05. The van der Waals surface area contributed by atoms with Gasteiger partial charge in [0, 0.05) is 6.07 Å². The van der Waals surface area contributed by atoms with Crippen molar-refractivity contribution >= 4 is 17.5 Å². The number of ether oxygens (including phenoxy) is 2. The lowest BCUT2D eigenvalue weighted by atomic mass is 10.2. The van der Waals surface area contributed by atoms with Gasteiger partial charge in [-0.2, -0.15) is 4.98 Å². The van der Waals surface area contributed by atoms with Gasteiger partial charge in [0.05, 0.1) is 32.4 Å². The lowest BCUT2D eigenvalue weighted by Crippen LogP contribution is -2.50. The van der Waals surface area contributed by atoms with Gasteiger partial charge in [-0.3, -0.25) is 0 Å².